The zero-order valence-corrected chi connectivity index (χ0v) is 33.8. The quantitative estimate of drug-likeness (QED) is 0.163. The summed E-state index contributed by atoms with van der Waals surface area (Å²) in [7, 11) is 2.12. The summed E-state index contributed by atoms with van der Waals surface area (Å²) < 4.78 is 8.77. The predicted molar refractivity (Wildman–Crippen MR) is 244 cm³/mol. The molecule has 3 aliphatic rings. The van der Waals surface area contributed by atoms with E-state index in [4.69, 9.17) is 14.4 Å². The highest BCUT2D eigenvalue weighted by molar-refractivity contribution is 6.09. The highest BCUT2D eigenvalue weighted by Gasteiger charge is 2.52. The van der Waals surface area contributed by atoms with Crippen LogP contribution in [0.4, 0.5) is 0 Å². The summed E-state index contributed by atoms with van der Waals surface area (Å²) in [6.07, 6.45) is 2.70. The highest BCUT2D eigenvalue weighted by atomic mass is 16.3. The van der Waals surface area contributed by atoms with Gasteiger partial charge in [0, 0.05) is 17.2 Å². The third kappa shape index (κ3) is 4.79. The minimum absolute atomic E-state index is 0.291. The summed E-state index contributed by atoms with van der Waals surface area (Å²) in [5.41, 5.74) is 19.8. The number of hydrogen-bond acceptors (Lipinski definition) is 3. The van der Waals surface area contributed by atoms with Crippen molar-refractivity contribution in [2.24, 2.45) is 7.05 Å². The van der Waals surface area contributed by atoms with Crippen LogP contribution in [0.25, 0.3) is 78.1 Å². The maximum atomic E-state index is 6.57. The molecule has 10 aromatic rings. The van der Waals surface area contributed by atoms with E-state index < -0.39 is 0 Å². The highest BCUT2D eigenvalue weighted by Crippen LogP contribution is 2.65. The Kier molecular flexibility index (Phi) is 7.36. The first-order valence-electron chi connectivity index (χ1n) is 21.5. The molecule has 1 unspecified atom stereocenters. The van der Waals surface area contributed by atoms with E-state index in [2.05, 4.69) is 175 Å². The Morgan fingerprint density at radius 2 is 1.16 bits per heavy atom. The van der Waals surface area contributed by atoms with Crippen molar-refractivity contribution in [2.75, 3.05) is 0 Å². The maximum absolute atomic E-state index is 6.57. The van der Waals surface area contributed by atoms with E-state index in [-0.39, 0.29) is 5.41 Å². The van der Waals surface area contributed by atoms with Crippen LogP contribution in [-0.4, -0.2) is 9.97 Å². The van der Waals surface area contributed by atoms with Crippen LogP contribution in [0.2, 0.25) is 0 Å². The van der Waals surface area contributed by atoms with E-state index in [9.17, 15) is 0 Å². The van der Waals surface area contributed by atoms with Crippen LogP contribution in [0.15, 0.2) is 186 Å². The second-order valence-electron chi connectivity index (χ2n) is 16.9. The molecule has 0 saturated heterocycles. The van der Waals surface area contributed by atoms with Crippen molar-refractivity contribution in [2.45, 2.75) is 30.6 Å². The molecule has 4 nitrogen and oxygen atoms in total. The molecule has 1 spiro atoms. The van der Waals surface area contributed by atoms with Crippen molar-refractivity contribution in [3.05, 3.63) is 221 Å². The van der Waals surface area contributed by atoms with Gasteiger partial charge in [-0.25, -0.2) is 4.57 Å². The fourth-order valence-corrected chi connectivity index (χ4v) is 11.3. The Morgan fingerprint density at radius 3 is 1.95 bits per heavy atom. The summed E-state index contributed by atoms with van der Waals surface area (Å²) in [5.74, 6) is 2.87. The lowest BCUT2D eigenvalue weighted by atomic mass is 9.69. The standard InChI is InChI=1S/C57H40N3O/c1-60-51(58-55(35-16-3-2-4-17-35)59-56(60)45-25-15-24-43-42-22-10-14-29-50(42)61-54(43)45)33-30-37-34-36-18-5-6-19-38(36)52-39(37)31-32-49-53(52)44-23-9-13-28-48(44)57(49)46-26-11-7-20-40(46)41-21-8-12-27-47(41)57/h2-29,31-32,37H,30,33-34H2,1H3/q+1. The van der Waals surface area contributed by atoms with Crippen molar-refractivity contribution in [1.82, 2.24) is 9.97 Å². The zero-order valence-electron chi connectivity index (χ0n) is 33.8. The number of nitrogens with zero attached hydrogens (tertiary/aromatic N) is 3. The molecule has 0 N–H and O–H groups in total. The van der Waals surface area contributed by atoms with Gasteiger partial charge in [-0.3, -0.25) is 0 Å². The van der Waals surface area contributed by atoms with Gasteiger partial charge in [0.2, 0.25) is 5.82 Å². The first-order valence-corrected chi connectivity index (χ1v) is 21.5. The van der Waals surface area contributed by atoms with Crippen molar-refractivity contribution in [3.8, 4) is 56.2 Å². The van der Waals surface area contributed by atoms with Gasteiger partial charge in [0.15, 0.2) is 0 Å². The van der Waals surface area contributed by atoms with Crippen LogP contribution >= 0.6 is 0 Å². The van der Waals surface area contributed by atoms with Crippen LogP contribution in [0, 0.1) is 0 Å². The fraction of sp³-hybridized carbons (Fsp3) is 0.105. The molecular weight excluding hydrogens is 743 g/mol. The lowest BCUT2D eigenvalue weighted by Gasteiger charge is -2.33. The minimum Gasteiger partial charge on any atom is -0.455 e. The minimum atomic E-state index is -0.377. The lowest BCUT2D eigenvalue weighted by molar-refractivity contribution is -0.674. The molecule has 13 rings (SSSR count). The summed E-state index contributed by atoms with van der Waals surface area (Å²) >= 11 is 0. The van der Waals surface area contributed by atoms with Crippen molar-refractivity contribution in [1.29, 1.82) is 0 Å². The number of benzene rings is 8. The molecule has 2 heterocycles. The Labute approximate surface area is 354 Å². The van der Waals surface area contributed by atoms with Gasteiger partial charge in [-0.05, 0) is 110 Å². The van der Waals surface area contributed by atoms with Crippen molar-refractivity contribution < 1.29 is 8.98 Å². The summed E-state index contributed by atoms with van der Waals surface area (Å²) in [6, 6.07) is 66.5. The summed E-state index contributed by atoms with van der Waals surface area (Å²) in [5, 5.41) is 2.20. The van der Waals surface area contributed by atoms with Crippen LogP contribution in [-0.2, 0) is 25.3 Å². The topological polar surface area (TPSA) is 42.8 Å². The second-order valence-corrected chi connectivity index (χ2v) is 16.9. The van der Waals surface area contributed by atoms with Gasteiger partial charge in [-0.2, -0.15) is 0 Å². The van der Waals surface area contributed by atoms with E-state index in [1.165, 1.54) is 66.8 Å². The van der Waals surface area contributed by atoms with Gasteiger partial charge in [0.05, 0.1) is 23.6 Å². The Balaban J connectivity index is 0.973. The molecule has 8 aromatic carbocycles. The molecule has 0 aliphatic heterocycles. The lowest BCUT2D eigenvalue weighted by Crippen LogP contribution is -2.39. The fourth-order valence-electron chi connectivity index (χ4n) is 11.3. The SMILES string of the molecule is C[n+]1c(CCC2Cc3ccccc3-c3c2ccc2c3-c3ccccc3C23c2ccccc2-c2ccccc23)nc(-c2ccccc2)nc1-c1cccc2c1oc1ccccc12. The monoisotopic (exact) mass is 782 g/mol. The van der Waals surface area contributed by atoms with Crippen molar-refractivity contribution >= 4 is 21.9 Å². The van der Waals surface area contributed by atoms with Gasteiger partial charge < -0.3 is 4.42 Å². The smallest absolute Gasteiger partial charge is 0.308 e. The Hall–Kier alpha value is -7.43. The third-order valence-electron chi connectivity index (χ3n) is 13.9. The maximum Gasteiger partial charge on any atom is 0.308 e. The molecule has 4 heteroatoms. The van der Waals surface area contributed by atoms with E-state index in [0.717, 1.165) is 69.8 Å². The van der Waals surface area contributed by atoms with Gasteiger partial charge in [-0.15, -0.1) is 0 Å². The molecule has 0 radical (unpaired) electrons. The second kappa shape index (κ2) is 13.0. The summed E-state index contributed by atoms with van der Waals surface area (Å²) in [4.78, 5) is 10.6. The normalized spacial score (nSPS) is 15.0. The molecule has 1 atom stereocenters. The number of para-hydroxylation sites is 2. The molecule has 0 bridgehead atoms. The van der Waals surface area contributed by atoms with E-state index in [1.807, 2.05) is 18.2 Å². The summed E-state index contributed by atoms with van der Waals surface area (Å²) in [6.45, 7) is 0. The number of furan rings is 1. The van der Waals surface area contributed by atoms with E-state index in [1.54, 1.807) is 0 Å². The van der Waals surface area contributed by atoms with Gasteiger partial charge in [-0.1, -0.05) is 168 Å². The molecule has 2 aromatic heterocycles. The number of aromatic nitrogens is 3. The molecule has 0 saturated carbocycles. The number of aryl methyl sites for hydroxylation is 1. The first kappa shape index (κ1) is 34.4. The Bertz CT molecular complexity index is 3390. The first-order chi connectivity index (χ1) is 30.2. The average molecular weight is 783 g/mol. The number of hydrogen-bond donors (Lipinski definition) is 0. The molecule has 0 fully saturated rings. The number of fused-ring (bicyclic) bond motifs is 17. The number of rotatable bonds is 5. The van der Waals surface area contributed by atoms with Crippen LogP contribution in [0.3, 0.4) is 0 Å². The average Bonchev–Trinajstić information content (AvgIpc) is 3.96. The molecule has 0 amide bonds. The van der Waals surface area contributed by atoms with Gasteiger partial charge >= 0.3 is 5.82 Å². The largest absolute Gasteiger partial charge is 0.455 e. The van der Waals surface area contributed by atoms with Crippen LogP contribution in [0.1, 0.15) is 51.5 Å². The predicted octanol–water partition coefficient (Wildman–Crippen LogP) is 12.8. The van der Waals surface area contributed by atoms with E-state index in [0.29, 0.717) is 5.92 Å². The Morgan fingerprint density at radius 1 is 0.541 bits per heavy atom. The zero-order chi connectivity index (χ0) is 40.2. The van der Waals surface area contributed by atoms with E-state index >= 15 is 0 Å². The molecule has 61 heavy (non-hydrogen) atoms. The molecule has 288 valence electrons. The van der Waals surface area contributed by atoms with Crippen LogP contribution in [0.5, 0.6) is 0 Å². The molecular formula is C57H40N3O+. The van der Waals surface area contributed by atoms with Crippen LogP contribution < -0.4 is 4.57 Å². The molecule has 3 aliphatic carbocycles. The van der Waals surface area contributed by atoms with Crippen molar-refractivity contribution in [3.63, 3.8) is 0 Å². The van der Waals surface area contributed by atoms with Gasteiger partial charge in [0.25, 0.3) is 5.82 Å². The third-order valence-corrected chi connectivity index (χ3v) is 13.9. The van der Waals surface area contributed by atoms with Gasteiger partial charge in [0.1, 0.15) is 11.2 Å².